The van der Waals surface area contributed by atoms with Crippen LogP contribution in [-0.4, -0.2) is 113 Å². The standard InChI is InChI=1S/C40H34ClN9O27S8.6Na/c1-69-29-7-6-23(82(58,59)11-9-71-80-77-74-55)16-26(29)48-49-34-30(78-75-72-53)14-19-12-24(83(60,61)62)17-27(32(19)36(34)51)42-39-44-38(41)45-40(46-39)43-28-18-25(84(63,64)65)13-20-15-31(85(66,67)68)35(37(52)33(20)28)50-47-21-2-4-22(5-3-21)81(56,57)10-8-70-79-76-73-54;;;;;;/h2-7,12-18,51-55H,8-11H2,1H3,(H,60,61,62)(H,63,64,65)(H,66,67,68)(H2,42,43,44,45,46);;;;;;/q;6*+1/p-6. The number of halogens is 1. The third-order valence-corrected chi connectivity index (χ3v) is 18.0. The Labute approximate surface area is 664 Å². The number of azo groups is 2. The van der Waals surface area contributed by atoms with Gasteiger partial charge in [-0.2, -0.15) is 24.4 Å². The van der Waals surface area contributed by atoms with Crippen LogP contribution < -0.4 is 208 Å². The minimum absolute atomic E-state index is 0. The van der Waals surface area contributed by atoms with Gasteiger partial charge in [-0.25, -0.2) is 42.1 Å². The maximum atomic E-state index is 13.1. The summed E-state index contributed by atoms with van der Waals surface area (Å²) in [5.41, 5.74) is -3.43. The molecule has 0 spiro atoms. The summed E-state index contributed by atoms with van der Waals surface area (Å²) in [6.07, 6.45) is 0. The van der Waals surface area contributed by atoms with E-state index in [2.05, 4.69) is 74.2 Å². The molecular formula is C40H28ClN9Na6O27S8. The second-order valence-electron chi connectivity index (χ2n) is 15.8. The van der Waals surface area contributed by atoms with Crippen LogP contribution in [0.5, 0.6) is 17.2 Å². The molecule has 0 saturated carbocycles. The van der Waals surface area contributed by atoms with Crippen molar-refractivity contribution in [1.29, 1.82) is 0 Å². The number of aromatic nitrogens is 3. The first kappa shape index (κ1) is 88.6. The van der Waals surface area contributed by atoms with Gasteiger partial charge in [-0.05, 0) is 101 Å². The number of benzene rings is 6. The van der Waals surface area contributed by atoms with Gasteiger partial charge in [0.1, 0.15) is 53.2 Å². The van der Waals surface area contributed by atoms with Gasteiger partial charge >= 0.3 is 177 Å². The molecule has 91 heavy (non-hydrogen) atoms. The summed E-state index contributed by atoms with van der Waals surface area (Å²) in [7, 11) is -23.6. The van der Waals surface area contributed by atoms with Crippen LogP contribution in [0.15, 0.2) is 129 Å². The molecule has 0 saturated heterocycles. The van der Waals surface area contributed by atoms with Gasteiger partial charge in [-0.3, -0.25) is 23.5 Å². The number of hydrogen-bond donors (Lipinski definition) is 4. The molecule has 1 heterocycles. The molecule has 0 fully saturated rings. The molecule has 0 aliphatic heterocycles. The number of anilines is 4. The Morgan fingerprint density at radius 3 is 1.47 bits per heavy atom. The van der Waals surface area contributed by atoms with Crippen molar-refractivity contribution >= 4 is 166 Å². The number of ether oxygens (including phenoxy) is 1. The zero-order valence-corrected chi connectivity index (χ0v) is 66.5. The van der Waals surface area contributed by atoms with E-state index in [1.807, 2.05) is 0 Å². The van der Waals surface area contributed by atoms with Crippen LogP contribution in [0.2, 0.25) is 5.28 Å². The number of aromatic hydroxyl groups is 2. The molecule has 0 atom stereocenters. The predicted molar refractivity (Wildman–Crippen MR) is 278 cm³/mol. The van der Waals surface area contributed by atoms with Crippen LogP contribution in [0.4, 0.5) is 46.0 Å². The molecule has 36 nitrogen and oxygen atoms in total. The fraction of sp³-hybridized carbons (Fsp3) is 0.125. The normalized spacial score (nSPS) is 11.9. The molecule has 0 bridgehead atoms. The smallest absolute Gasteiger partial charge is 0.744 e. The van der Waals surface area contributed by atoms with Crippen LogP contribution >= 0.6 is 48.3 Å². The maximum absolute atomic E-state index is 13.1. The third-order valence-electron chi connectivity index (χ3n) is 10.7. The number of sulfone groups is 2. The van der Waals surface area contributed by atoms with E-state index in [4.69, 9.17) is 24.7 Å². The topological polar surface area (TPSA) is 545 Å². The second-order valence-corrected chi connectivity index (χ2v) is 26.2. The molecular weight excluding hydrogens is 1470 g/mol. The average Bonchev–Trinajstić information content (AvgIpc) is 0.820. The number of phenolic OH excluding ortho intramolecular Hbond substituents is 2. The van der Waals surface area contributed by atoms with Crippen molar-refractivity contribution in [3.05, 3.63) is 84.1 Å². The molecule has 0 aliphatic rings. The molecule has 4 N–H and O–H groups in total. The summed E-state index contributed by atoms with van der Waals surface area (Å²) in [5.74, 6) is -5.01. The Morgan fingerprint density at radius 1 is 0.538 bits per heavy atom. The van der Waals surface area contributed by atoms with E-state index in [0.717, 1.165) is 48.5 Å². The van der Waals surface area contributed by atoms with Crippen LogP contribution in [0.3, 0.4) is 0 Å². The third kappa shape index (κ3) is 24.2. The van der Waals surface area contributed by atoms with E-state index >= 15 is 0 Å². The van der Waals surface area contributed by atoms with Crippen molar-refractivity contribution in [2.24, 2.45) is 20.5 Å². The van der Waals surface area contributed by atoms with Crippen molar-refractivity contribution in [2.45, 2.75) is 29.4 Å². The van der Waals surface area contributed by atoms with Crippen molar-refractivity contribution in [1.82, 2.24) is 15.0 Å². The first-order valence-electron chi connectivity index (χ1n) is 21.8. The Balaban J connectivity index is 0.00000690. The fourth-order valence-electron chi connectivity index (χ4n) is 7.13. The van der Waals surface area contributed by atoms with Crippen molar-refractivity contribution < 1.29 is 300 Å². The van der Waals surface area contributed by atoms with Crippen LogP contribution in [-0.2, 0) is 86.5 Å². The number of nitrogens with one attached hydrogen (secondary N) is 2. The van der Waals surface area contributed by atoms with Crippen molar-refractivity contribution in [3.8, 4) is 17.2 Å². The van der Waals surface area contributed by atoms with E-state index in [1.165, 1.54) is 13.2 Å². The summed E-state index contributed by atoms with van der Waals surface area (Å²) < 4.78 is 192. The number of fused-ring (bicyclic) bond motifs is 2. The Bertz CT molecular complexity index is 4360. The molecule has 7 rings (SSSR count). The number of phenols is 2. The summed E-state index contributed by atoms with van der Waals surface area (Å²) in [4.78, 5) is 7.45. The quantitative estimate of drug-likeness (QED) is 0.00643. The molecule has 456 valence electrons. The van der Waals surface area contributed by atoms with Gasteiger partial charge in [-0.1, -0.05) is 0 Å². The zero-order chi connectivity index (χ0) is 62.1. The Hall–Kier alpha value is -0.420. The summed E-state index contributed by atoms with van der Waals surface area (Å²) in [5, 5.41) is 82.0. The van der Waals surface area contributed by atoms with Gasteiger partial charge in [0.15, 0.2) is 55.8 Å². The van der Waals surface area contributed by atoms with Crippen molar-refractivity contribution in [2.75, 3.05) is 42.5 Å². The van der Waals surface area contributed by atoms with Gasteiger partial charge in [0.2, 0.25) is 17.2 Å². The van der Waals surface area contributed by atoms with E-state index in [-0.39, 0.29) is 251 Å². The van der Waals surface area contributed by atoms with Crippen LogP contribution in [0.1, 0.15) is 0 Å². The molecule has 6 aromatic carbocycles. The van der Waals surface area contributed by atoms with Gasteiger partial charge in [0, 0.05) is 10.8 Å². The minimum atomic E-state index is -5.68. The van der Waals surface area contributed by atoms with E-state index in [1.54, 1.807) is 0 Å². The molecule has 7 aromatic rings. The van der Waals surface area contributed by atoms with Crippen molar-refractivity contribution in [3.63, 3.8) is 0 Å². The van der Waals surface area contributed by atoms with Crippen LogP contribution in [0.25, 0.3) is 21.5 Å². The van der Waals surface area contributed by atoms with E-state index in [0.29, 0.717) is 24.3 Å². The van der Waals surface area contributed by atoms with Gasteiger partial charge in [-0.15, -0.1) is 24.0 Å². The summed E-state index contributed by atoms with van der Waals surface area (Å²) in [6, 6.07) is 11.7. The summed E-state index contributed by atoms with van der Waals surface area (Å²) in [6.45, 7) is -0.971. The van der Waals surface area contributed by atoms with E-state index in [9.17, 15) is 81.7 Å². The second kappa shape index (κ2) is 39.4. The average molecular weight is 1500 g/mol. The number of hydrogen-bond acceptors (Lipinski definition) is 39. The fourth-order valence-corrected chi connectivity index (χ4v) is 12.3. The predicted octanol–water partition coefficient (Wildman–Crippen LogP) is -14.3. The largest absolute Gasteiger partial charge is 1.00 e. The number of rotatable bonds is 29. The minimum Gasteiger partial charge on any atom is -0.744 e. The SMILES string of the molecule is COc1ccc(S(=O)(=O)CCOSOO[O-])cc1N=Nc1c(SOO[O-])cc2cc(S(=O)(=O)[O-])cc(Nc3nc(Cl)nc(Nc4cc(S(=O)(=O)[O-])cc5cc(S(=O)(=O)[O-])c(N=Nc6ccc(S(=O)(=O)CCOSOO[O-])cc6)c(O)c45)n3)c2c1O.[Na+].[Na+].[Na+].[Na+].[Na+].[Na+]. The van der Waals surface area contributed by atoms with Gasteiger partial charge < -0.3 is 55.0 Å². The zero-order valence-electron chi connectivity index (χ0n) is 47.2. The monoisotopic (exact) mass is 1490 g/mol. The number of nitrogens with zero attached hydrogens (tertiary/aromatic N) is 7. The first-order chi connectivity index (χ1) is 40.1. The molecule has 51 heteroatoms. The Kier molecular flexibility index (Phi) is 38.3. The molecule has 0 aliphatic carbocycles. The molecule has 0 unspecified atom stereocenters. The molecule has 0 amide bonds. The van der Waals surface area contributed by atoms with Crippen LogP contribution in [0, 0.1) is 0 Å². The number of methoxy groups -OCH3 is 1. The molecule has 1 aromatic heterocycles. The van der Waals surface area contributed by atoms with Gasteiger partial charge in [0.25, 0.3) is 0 Å². The summed E-state index contributed by atoms with van der Waals surface area (Å²) >= 11 is 6.50. The van der Waals surface area contributed by atoms with E-state index < -0.39 is 157 Å². The maximum Gasteiger partial charge on any atom is 1.00 e. The Morgan fingerprint density at radius 2 is 1.00 bits per heavy atom. The van der Waals surface area contributed by atoms with Gasteiger partial charge in [0.05, 0.1) is 90.3 Å². The first-order valence-corrected chi connectivity index (χ1v) is 31.8. The molecule has 0 radical (unpaired) electrons.